The van der Waals surface area contributed by atoms with Crippen LogP contribution in [-0.2, 0) is 5.41 Å². The molecule has 3 heterocycles. The number of hydrogen-bond donors (Lipinski definition) is 0. The monoisotopic (exact) mass is 844 g/mol. The maximum atomic E-state index is 5.41. The normalized spacial score (nSPS) is 13.2. The Hall–Kier alpha value is -7.85. The molecule has 0 radical (unpaired) electrons. The Morgan fingerprint density at radius 1 is 0.385 bits per heavy atom. The molecule has 0 spiro atoms. The van der Waals surface area contributed by atoms with E-state index in [9.17, 15) is 0 Å². The van der Waals surface area contributed by atoms with E-state index < -0.39 is 0 Å². The lowest BCUT2D eigenvalue weighted by atomic mass is 9.82. The summed E-state index contributed by atoms with van der Waals surface area (Å²) < 4.78 is 4.93. The van der Waals surface area contributed by atoms with Crippen molar-refractivity contribution in [2.45, 2.75) is 19.3 Å². The molecule has 0 saturated carbocycles. The van der Waals surface area contributed by atoms with Crippen LogP contribution in [0.4, 0.5) is 0 Å². The minimum absolute atomic E-state index is 0.00725. The number of aromatic nitrogens is 2. The van der Waals surface area contributed by atoms with Gasteiger partial charge in [0.05, 0.1) is 21.4 Å². The summed E-state index contributed by atoms with van der Waals surface area (Å²) in [4.78, 5) is 5.41. The molecule has 1 aliphatic rings. The fourth-order valence-corrected chi connectivity index (χ4v) is 12.4. The van der Waals surface area contributed by atoms with Crippen molar-refractivity contribution < 1.29 is 0 Å². The third kappa shape index (κ3) is 5.37. The lowest BCUT2D eigenvalue weighted by Crippen LogP contribution is -2.14. The SMILES string of the molecule is CC1(C)c2ccccc2-c2cc(-c3ccc(-c4ccc(-c5ccc(-c6cc7c8ccc9ccccc9c8sc7c7nc8cc9ccccc9cc8n67)cc5)c5ccccc45)cc3)ccc21. The first-order chi connectivity index (χ1) is 32.0. The second kappa shape index (κ2) is 13.6. The molecule has 65 heavy (non-hydrogen) atoms. The predicted octanol–water partition coefficient (Wildman–Crippen LogP) is 17.3. The first-order valence-electron chi connectivity index (χ1n) is 22.5. The highest BCUT2D eigenvalue weighted by atomic mass is 32.1. The zero-order valence-corrected chi connectivity index (χ0v) is 36.7. The molecular formula is C62H40N2S. The number of fused-ring (bicyclic) bond motifs is 14. The van der Waals surface area contributed by atoms with E-state index in [-0.39, 0.29) is 5.41 Å². The topological polar surface area (TPSA) is 17.3 Å². The number of rotatable bonds is 4. The molecular weight excluding hydrogens is 805 g/mol. The predicted molar refractivity (Wildman–Crippen MR) is 277 cm³/mol. The van der Waals surface area contributed by atoms with Crippen molar-refractivity contribution in [1.82, 2.24) is 9.38 Å². The van der Waals surface area contributed by atoms with E-state index in [1.807, 2.05) is 11.3 Å². The summed E-state index contributed by atoms with van der Waals surface area (Å²) >= 11 is 1.86. The number of hydrogen-bond acceptors (Lipinski definition) is 2. The fourth-order valence-electron chi connectivity index (χ4n) is 11.1. The number of pyridine rings is 1. The molecule has 1 aliphatic carbocycles. The van der Waals surface area contributed by atoms with E-state index in [1.165, 1.54) is 108 Å². The van der Waals surface area contributed by atoms with Gasteiger partial charge >= 0.3 is 0 Å². The van der Waals surface area contributed by atoms with Gasteiger partial charge in [0.2, 0.25) is 0 Å². The van der Waals surface area contributed by atoms with Gasteiger partial charge in [-0.25, -0.2) is 4.98 Å². The van der Waals surface area contributed by atoms with Crippen LogP contribution in [0.2, 0.25) is 0 Å². The highest BCUT2D eigenvalue weighted by Gasteiger charge is 2.35. The molecule has 0 aliphatic heterocycles. The Kier molecular flexibility index (Phi) is 7.65. The van der Waals surface area contributed by atoms with Crippen molar-refractivity contribution >= 4 is 80.5 Å². The van der Waals surface area contributed by atoms with Crippen molar-refractivity contribution in [3.63, 3.8) is 0 Å². The Bertz CT molecular complexity index is 4130. The van der Waals surface area contributed by atoms with E-state index in [1.54, 1.807) is 0 Å². The van der Waals surface area contributed by atoms with Crippen molar-refractivity contribution in [1.29, 1.82) is 0 Å². The largest absolute Gasteiger partial charge is 0.291 e. The highest BCUT2D eigenvalue weighted by Crippen LogP contribution is 2.50. The Labute approximate surface area is 380 Å². The van der Waals surface area contributed by atoms with Gasteiger partial charge in [0, 0.05) is 20.9 Å². The van der Waals surface area contributed by atoms with Gasteiger partial charge in [0.15, 0.2) is 5.65 Å². The first kappa shape index (κ1) is 36.6. The summed E-state index contributed by atoms with van der Waals surface area (Å²) in [5, 5.41) is 9.99. The summed E-state index contributed by atoms with van der Waals surface area (Å²) in [7, 11) is 0. The molecule has 0 N–H and O–H groups in total. The van der Waals surface area contributed by atoms with Crippen molar-refractivity contribution in [3.05, 3.63) is 217 Å². The Morgan fingerprint density at radius 2 is 0.969 bits per heavy atom. The second-order valence-electron chi connectivity index (χ2n) is 18.3. The van der Waals surface area contributed by atoms with E-state index in [4.69, 9.17) is 4.98 Å². The molecule has 3 aromatic heterocycles. The summed E-state index contributed by atoms with van der Waals surface area (Å²) in [5.74, 6) is 0. The lowest BCUT2D eigenvalue weighted by Gasteiger charge is -2.21. The molecule has 0 unspecified atom stereocenters. The second-order valence-corrected chi connectivity index (χ2v) is 19.3. The average molecular weight is 845 g/mol. The van der Waals surface area contributed by atoms with Crippen LogP contribution in [-0.4, -0.2) is 9.38 Å². The Morgan fingerprint density at radius 3 is 1.71 bits per heavy atom. The maximum Gasteiger partial charge on any atom is 0.156 e. The van der Waals surface area contributed by atoms with Crippen LogP contribution in [0.5, 0.6) is 0 Å². The lowest BCUT2D eigenvalue weighted by molar-refractivity contribution is 0.660. The minimum atomic E-state index is 0.00725. The maximum absolute atomic E-state index is 5.41. The molecule has 0 amide bonds. The van der Waals surface area contributed by atoms with Gasteiger partial charge in [-0.05, 0) is 118 Å². The quantitative estimate of drug-likeness (QED) is 0.172. The van der Waals surface area contributed by atoms with E-state index in [0.717, 1.165) is 27.9 Å². The van der Waals surface area contributed by atoms with Crippen LogP contribution in [0.15, 0.2) is 206 Å². The van der Waals surface area contributed by atoms with Gasteiger partial charge in [-0.15, -0.1) is 11.3 Å². The molecule has 3 heteroatoms. The van der Waals surface area contributed by atoms with E-state index in [2.05, 4.69) is 225 Å². The highest BCUT2D eigenvalue weighted by molar-refractivity contribution is 7.27. The van der Waals surface area contributed by atoms with Crippen molar-refractivity contribution in [2.75, 3.05) is 0 Å². The van der Waals surface area contributed by atoms with Crippen LogP contribution in [0, 0.1) is 0 Å². The summed E-state index contributed by atoms with van der Waals surface area (Å²) in [6, 6.07) is 76.6. The zero-order valence-electron chi connectivity index (χ0n) is 35.9. The minimum Gasteiger partial charge on any atom is -0.291 e. The molecule has 0 saturated heterocycles. The Balaban J connectivity index is 0.863. The van der Waals surface area contributed by atoms with Crippen LogP contribution in [0.1, 0.15) is 25.0 Å². The number of thiophene rings is 1. The van der Waals surface area contributed by atoms with Gasteiger partial charge in [-0.1, -0.05) is 196 Å². The summed E-state index contributed by atoms with van der Waals surface area (Å²) in [6.45, 7) is 4.68. The van der Waals surface area contributed by atoms with Crippen LogP contribution < -0.4 is 0 Å². The third-order valence-corrected chi connectivity index (χ3v) is 15.6. The summed E-state index contributed by atoms with van der Waals surface area (Å²) in [6.07, 6.45) is 0. The molecule has 14 rings (SSSR count). The van der Waals surface area contributed by atoms with Crippen LogP contribution in [0.25, 0.3) is 125 Å². The molecule has 13 aromatic rings. The molecule has 0 bridgehead atoms. The van der Waals surface area contributed by atoms with E-state index in [0.29, 0.717) is 0 Å². The first-order valence-corrected chi connectivity index (χ1v) is 23.3. The van der Waals surface area contributed by atoms with Crippen molar-refractivity contribution in [3.8, 4) is 55.8 Å². The van der Waals surface area contributed by atoms with Gasteiger partial charge in [-0.3, -0.25) is 4.40 Å². The molecule has 304 valence electrons. The van der Waals surface area contributed by atoms with Gasteiger partial charge in [0.25, 0.3) is 0 Å². The van der Waals surface area contributed by atoms with E-state index >= 15 is 0 Å². The molecule has 10 aromatic carbocycles. The number of benzene rings is 10. The smallest absolute Gasteiger partial charge is 0.156 e. The van der Waals surface area contributed by atoms with Gasteiger partial charge in [-0.2, -0.15) is 0 Å². The molecule has 0 atom stereocenters. The molecule has 0 fully saturated rings. The third-order valence-electron chi connectivity index (χ3n) is 14.4. The summed E-state index contributed by atoms with van der Waals surface area (Å²) in [5.41, 5.74) is 18.3. The average Bonchev–Trinajstić information content (AvgIpc) is 4.00. The fraction of sp³-hybridized carbons (Fsp3) is 0.0484. The van der Waals surface area contributed by atoms with Crippen LogP contribution >= 0.6 is 11.3 Å². The number of nitrogens with zero attached hydrogens (tertiary/aromatic N) is 2. The molecule has 2 nitrogen and oxygen atoms in total. The van der Waals surface area contributed by atoms with Crippen molar-refractivity contribution in [2.24, 2.45) is 0 Å². The van der Waals surface area contributed by atoms with Crippen LogP contribution in [0.3, 0.4) is 0 Å². The van der Waals surface area contributed by atoms with Gasteiger partial charge in [0.1, 0.15) is 0 Å². The number of imidazole rings is 1. The zero-order chi connectivity index (χ0) is 43.0. The standard InChI is InChI=1S/C62H40N2S/c1-62(2)54-18-10-9-17-50(54)52-33-44(28-32-55(52)62)37-19-21-39(22-20-37)45-30-31-46(49-16-8-7-15-48(45)49)40-23-25-41(26-24-40)57-36-53-51-29-27-38-11-5-6-14-47(38)59(51)65-60(53)61-63-56-34-42-12-3-4-13-43(42)35-58(56)64(57)61/h3-36H,1-2H3. The van der Waals surface area contributed by atoms with Gasteiger partial charge < -0.3 is 0 Å².